The fourth-order valence-electron chi connectivity index (χ4n) is 2.75. The Morgan fingerprint density at radius 1 is 1.25 bits per heavy atom. The molecule has 1 aliphatic rings. The van der Waals surface area contributed by atoms with Crippen LogP contribution in [0, 0.1) is 0 Å². The molecule has 0 radical (unpaired) electrons. The molecule has 1 saturated heterocycles. The molecule has 1 unspecified atom stereocenters. The van der Waals surface area contributed by atoms with Crippen LogP contribution in [0.25, 0.3) is 0 Å². The number of ether oxygens (including phenoxy) is 1. The standard InChI is InChI=1S/C14H30N2O3S/c1-4-14(5-2)12-13(8-10-19-14)16-20(17,18)11-7-9-15-6-3/h13,15-16H,4-12H2,1-3H3. The second kappa shape index (κ2) is 8.32. The summed E-state index contributed by atoms with van der Waals surface area (Å²) in [5, 5.41) is 3.14. The minimum atomic E-state index is -3.17. The van der Waals surface area contributed by atoms with Crippen molar-refractivity contribution in [1.82, 2.24) is 10.0 Å². The molecule has 0 aromatic heterocycles. The second-order valence-electron chi connectivity index (χ2n) is 5.57. The highest BCUT2D eigenvalue weighted by atomic mass is 32.2. The zero-order valence-electron chi connectivity index (χ0n) is 13.1. The maximum atomic E-state index is 12.1. The largest absolute Gasteiger partial charge is 0.375 e. The Morgan fingerprint density at radius 3 is 2.55 bits per heavy atom. The molecule has 0 spiro atoms. The molecule has 0 saturated carbocycles. The van der Waals surface area contributed by atoms with Crippen LogP contribution in [0.5, 0.6) is 0 Å². The Balaban J connectivity index is 2.46. The molecule has 20 heavy (non-hydrogen) atoms. The Labute approximate surface area is 123 Å². The molecular weight excluding hydrogens is 276 g/mol. The average molecular weight is 306 g/mol. The molecule has 120 valence electrons. The van der Waals surface area contributed by atoms with Gasteiger partial charge in [0.25, 0.3) is 0 Å². The first kappa shape index (κ1) is 17.9. The first-order valence-electron chi connectivity index (χ1n) is 7.81. The van der Waals surface area contributed by atoms with Gasteiger partial charge in [0.05, 0.1) is 11.4 Å². The SMILES string of the molecule is CCNCCCS(=O)(=O)NC1CCOC(CC)(CC)C1. The predicted octanol–water partition coefficient (Wildman–Crippen LogP) is 1.64. The number of hydrogen-bond acceptors (Lipinski definition) is 4. The van der Waals surface area contributed by atoms with Gasteiger partial charge in [-0.1, -0.05) is 20.8 Å². The van der Waals surface area contributed by atoms with E-state index in [1.54, 1.807) is 0 Å². The maximum Gasteiger partial charge on any atom is 0.211 e. The highest BCUT2D eigenvalue weighted by Crippen LogP contribution is 2.31. The first-order chi connectivity index (χ1) is 9.47. The Morgan fingerprint density at radius 2 is 1.95 bits per heavy atom. The molecule has 0 amide bonds. The Hall–Kier alpha value is -0.170. The van der Waals surface area contributed by atoms with E-state index in [1.165, 1.54) is 0 Å². The van der Waals surface area contributed by atoms with Crippen LogP contribution < -0.4 is 10.0 Å². The van der Waals surface area contributed by atoms with Crippen LogP contribution >= 0.6 is 0 Å². The van der Waals surface area contributed by atoms with Gasteiger partial charge < -0.3 is 10.1 Å². The summed E-state index contributed by atoms with van der Waals surface area (Å²) >= 11 is 0. The van der Waals surface area contributed by atoms with Crippen molar-refractivity contribution in [3.8, 4) is 0 Å². The Bertz CT molecular complexity index is 367. The lowest BCUT2D eigenvalue weighted by Gasteiger charge is -2.40. The minimum Gasteiger partial charge on any atom is -0.375 e. The zero-order valence-corrected chi connectivity index (χ0v) is 13.9. The summed E-state index contributed by atoms with van der Waals surface area (Å²) in [4.78, 5) is 0. The molecule has 0 aromatic carbocycles. The summed E-state index contributed by atoms with van der Waals surface area (Å²) in [6, 6.07) is 0.0211. The van der Waals surface area contributed by atoms with Crippen molar-refractivity contribution in [2.24, 2.45) is 0 Å². The van der Waals surface area contributed by atoms with E-state index in [1.807, 2.05) is 6.92 Å². The quantitative estimate of drug-likeness (QED) is 0.636. The summed E-state index contributed by atoms with van der Waals surface area (Å²) < 4.78 is 32.9. The van der Waals surface area contributed by atoms with Crippen molar-refractivity contribution in [1.29, 1.82) is 0 Å². The van der Waals surface area contributed by atoms with Crippen LogP contribution in [0.3, 0.4) is 0 Å². The summed E-state index contributed by atoms with van der Waals surface area (Å²) in [6.45, 7) is 8.51. The lowest BCUT2D eigenvalue weighted by molar-refractivity contribution is -0.0905. The lowest BCUT2D eigenvalue weighted by Crippen LogP contribution is -2.48. The smallest absolute Gasteiger partial charge is 0.211 e. The highest BCUT2D eigenvalue weighted by molar-refractivity contribution is 7.89. The van der Waals surface area contributed by atoms with Gasteiger partial charge in [-0.05, 0) is 45.2 Å². The topological polar surface area (TPSA) is 67.4 Å². The summed E-state index contributed by atoms with van der Waals surface area (Å²) in [6.07, 6.45) is 4.07. The lowest BCUT2D eigenvalue weighted by atomic mass is 9.86. The van der Waals surface area contributed by atoms with E-state index in [9.17, 15) is 8.42 Å². The summed E-state index contributed by atoms with van der Waals surface area (Å²) in [5.74, 6) is 0.197. The molecule has 0 aromatic rings. The predicted molar refractivity (Wildman–Crippen MR) is 82.4 cm³/mol. The molecule has 1 atom stereocenters. The van der Waals surface area contributed by atoms with Gasteiger partial charge in [0, 0.05) is 12.6 Å². The van der Waals surface area contributed by atoms with Crippen molar-refractivity contribution in [3.63, 3.8) is 0 Å². The van der Waals surface area contributed by atoms with Crippen LogP contribution in [0.15, 0.2) is 0 Å². The first-order valence-corrected chi connectivity index (χ1v) is 9.47. The average Bonchev–Trinajstić information content (AvgIpc) is 2.43. The van der Waals surface area contributed by atoms with Gasteiger partial charge in [-0.3, -0.25) is 0 Å². The molecule has 1 heterocycles. The van der Waals surface area contributed by atoms with Gasteiger partial charge >= 0.3 is 0 Å². The van der Waals surface area contributed by atoms with Gasteiger partial charge in [0.15, 0.2) is 0 Å². The van der Waals surface area contributed by atoms with Crippen molar-refractivity contribution < 1.29 is 13.2 Å². The van der Waals surface area contributed by atoms with E-state index in [2.05, 4.69) is 23.9 Å². The fourth-order valence-corrected chi connectivity index (χ4v) is 4.10. The molecule has 6 heteroatoms. The van der Waals surface area contributed by atoms with Crippen molar-refractivity contribution in [3.05, 3.63) is 0 Å². The van der Waals surface area contributed by atoms with Gasteiger partial charge in [-0.2, -0.15) is 0 Å². The molecule has 0 bridgehead atoms. The summed E-state index contributed by atoms with van der Waals surface area (Å²) in [7, 11) is -3.17. The van der Waals surface area contributed by atoms with Gasteiger partial charge in [-0.25, -0.2) is 13.1 Å². The van der Waals surface area contributed by atoms with E-state index >= 15 is 0 Å². The van der Waals surface area contributed by atoms with E-state index in [4.69, 9.17) is 4.74 Å². The normalized spacial score (nSPS) is 22.9. The van der Waals surface area contributed by atoms with Crippen LogP contribution in [0.1, 0.15) is 52.9 Å². The molecule has 1 rings (SSSR count). The van der Waals surface area contributed by atoms with E-state index in [-0.39, 0.29) is 17.4 Å². The molecule has 5 nitrogen and oxygen atoms in total. The van der Waals surface area contributed by atoms with Crippen molar-refractivity contribution in [2.45, 2.75) is 64.5 Å². The van der Waals surface area contributed by atoms with E-state index < -0.39 is 10.0 Å². The van der Waals surface area contributed by atoms with Gasteiger partial charge in [0.2, 0.25) is 10.0 Å². The molecule has 1 fully saturated rings. The molecule has 0 aliphatic carbocycles. The molecule has 1 aliphatic heterocycles. The zero-order chi connectivity index (χ0) is 15.1. The van der Waals surface area contributed by atoms with Crippen LogP contribution in [0.2, 0.25) is 0 Å². The number of nitrogens with one attached hydrogen (secondary N) is 2. The Kier molecular flexibility index (Phi) is 7.43. The van der Waals surface area contributed by atoms with Crippen LogP contribution in [-0.4, -0.2) is 45.5 Å². The highest BCUT2D eigenvalue weighted by Gasteiger charge is 2.35. The molecule has 2 N–H and O–H groups in total. The van der Waals surface area contributed by atoms with E-state index in [0.29, 0.717) is 13.0 Å². The number of sulfonamides is 1. The molecular formula is C14H30N2O3S. The monoisotopic (exact) mass is 306 g/mol. The third kappa shape index (κ3) is 5.68. The third-order valence-corrected chi connectivity index (χ3v) is 5.66. The van der Waals surface area contributed by atoms with Gasteiger partial charge in [-0.15, -0.1) is 0 Å². The third-order valence-electron chi connectivity index (χ3n) is 4.14. The van der Waals surface area contributed by atoms with Crippen molar-refractivity contribution >= 4 is 10.0 Å². The van der Waals surface area contributed by atoms with Crippen LogP contribution in [-0.2, 0) is 14.8 Å². The maximum absolute atomic E-state index is 12.1. The number of hydrogen-bond donors (Lipinski definition) is 2. The number of rotatable bonds is 9. The second-order valence-corrected chi connectivity index (χ2v) is 7.45. The van der Waals surface area contributed by atoms with Crippen LogP contribution in [0.4, 0.5) is 0 Å². The van der Waals surface area contributed by atoms with E-state index in [0.717, 1.165) is 38.8 Å². The minimum absolute atomic E-state index is 0.0211. The fraction of sp³-hybridized carbons (Fsp3) is 1.00. The summed E-state index contributed by atoms with van der Waals surface area (Å²) in [5.41, 5.74) is -0.144. The van der Waals surface area contributed by atoms with Crippen molar-refractivity contribution in [2.75, 3.05) is 25.4 Å². The van der Waals surface area contributed by atoms with Gasteiger partial charge in [0.1, 0.15) is 0 Å².